The average Bonchev–Trinajstić information content (AvgIpc) is 2.65. The molecule has 2 aliphatic heterocycles. The van der Waals surface area contributed by atoms with E-state index in [9.17, 15) is 23.9 Å². The summed E-state index contributed by atoms with van der Waals surface area (Å²) in [7, 11) is 0. The third kappa shape index (κ3) is 3.05. The average molecular weight is 368 g/mol. The highest BCUT2D eigenvalue weighted by molar-refractivity contribution is 5.99. The third-order valence-electron chi connectivity index (χ3n) is 5.11. The first-order valence-corrected chi connectivity index (χ1v) is 8.67. The number of aliphatic carboxylic acids is 1. The molecule has 0 bridgehead atoms. The summed E-state index contributed by atoms with van der Waals surface area (Å²) in [5.41, 5.74) is 2.59. The molecule has 2 aromatic rings. The van der Waals surface area contributed by atoms with E-state index in [1.165, 1.54) is 11.0 Å². The van der Waals surface area contributed by atoms with Gasteiger partial charge in [-0.3, -0.25) is 9.59 Å². The minimum atomic E-state index is -1.12. The maximum absolute atomic E-state index is 14.6. The van der Waals surface area contributed by atoms with Crippen LogP contribution in [-0.4, -0.2) is 33.8 Å². The van der Waals surface area contributed by atoms with Gasteiger partial charge in [0, 0.05) is 25.1 Å². The number of anilines is 1. The van der Waals surface area contributed by atoms with Gasteiger partial charge in [-0.05, 0) is 35.2 Å². The monoisotopic (exact) mass is 368 g/mol. The summed E-state index contributed by atoms with van der Waals surface area (Å²) < 4.78 is 14.6. The lowest BCUT2D eigenvalue weighted by molar-refractivity contribution is -0.142. The molecule has 2 amide bonds. The van der Waals surface area contributed by atoms with Crippen molar-refractivity contribution in [2.45, 2.75) is 31.8 Å². The Labute approximate surface area is 154 Å². The molecule has 6 nitrogen and oxygen atoms in total. The number of nitrogens with zero attached hydrogens (tertiary/aromatic N) is 1. The van der Waals surface area contributed by atoms with Crippen molar-refractivity contribution >= 4 is 23.5 Å². The highest BCUT2D eigenvalue weighted by atomic mass is 19.1. The van der Waals surface area contributed by atoms with E-state index < -0.39 is 23.7 Å². The van der Waals surface area contributed by atoms with Crippen molar-refractivity contribution in [1.29, 1.82) is 0 Å². The molecule has 2 N–H and O–H groups in total. The van der Waals surface area contributed by atoms with Gasteiger partial charge in [-0.15, -0.1) is 0 Å². The molecular formula is C20H17FN2O4. The number of carbonyl (C=O) groups is 3. The molecule has 2 aliphatic rings. The highest BCUT2D eigenvalue weighted by Gasteiger charge is 2.36. The second kappa shape index (κ2) is 6.50. The molecule has 4 rings (SSSR count). The first kappa shape index (κ1) is 17.2. The number of carbonyl (C=O) groups excluding carboxylic acids is 2. The Balaban J connectivity index is 1.71. The van der Waals surface area contributed by atoms with Gasteiger partial charge in [0.15, 0.2) is 0 Å². The van der Waals surface area contributed by atoms with Crippen LogP contribution < -0.4 is 5.32 Å². The lowest BCUT2D eigenvalue weighted by Gasteiger charge is -2.34. The Kier molecular flexibility index (Phi) is 4.14. The number of carboxylic acid groups (broad SMARTS) is 1. The van der Waals surface area contributed by atoms with Gasteiger partial charge in [0.2, 0.25) is 5.91 Å². The first-order valence-electron chi connectivity index (χ1n) is 8.67. The topological polar surface area (TPSA) is 86.7 Å². The van der Waals surface area contributed by atoms with Gasteiger partial charge < -0.3 is 15.3 Å². The molecule has 0 aliphatic carbocycles. The van der Waals surface area contributed by atoms with E-state index in [1.54, 1.807) is 0 Å². The van der Waals surface area contributed by atoms with E-state index in [2.05, 4.69) is 5.32 Å². The van der Waals surface area contributed by atoms with Crippen LogP contribution >= 0.6 is 0 Å². The van der Waals surface area contributed by atoms with Gasteiger partial charge in [-0.2, -0.15) is 0 Å². The van der Waals surface area contributed by atoms with E-state index in [0.717, 1.165) is 17.2 Å². The molecule has 2 aromatic carbocycles. The summed E-state index contributed by atoms with van der Waals surface area (Å²) in [6, 6.07) is 8.83. The van der Waals surface area contributed by atoms with Crippen molar-refractivity contribution in [2.24, 2.45) is 0 Å². The van der Waals surface area contributed by atoms with Crippen LogP contribution in [0, 0.1) is 5.82 Å². The fourth-order valence-electron chi connectivity index (χ4n) is 3.68. The molecule has 7 heteroatoms. The molecule has 27 heavy (non-hydrogen) atoms. The standard InChI is InChI=1S/C20H17FN2O4/c21-15-9-16-12(5-6-18(24)22-16)7-14(15)19(25)23-10-13-4-2-1-3-11(13)8-17(23)20(26)27/h1-4,7,9,17H,5-6,8,10H2,(H,22,24)(H,26,27). The number of halogens is 1. The summed E-state index contributed by atoms with van der Waals surface area (Å²) in [5, 5.41) is 12.2. The number of benzene rings is 2. The van der Waals surface area contributed by atoms with Crippen LogP contribution in [0.5, 0.6) is 0 Å². The van der Waals surface area contributed by atoms with E-state index in [1.807, 2.05) is 24.3 Å². The van der Waals surface area contributed by atoms with Crippen molar-refractivity contribution in [3.63, 3.8) is 0 Å². The number of amides is 2. The maximum atomic E-state index is 14.6. The number of nitrogens with one attached hydrogen (secondary N) is 1. The molecular weight excluding hydrogens is 351 g/mol. The minimum absolute atomic E-state index is 0.110. The van der Waals surface area contributed by atoms with Crippen molar-refractivity contribution in [3.8, 4) is 0 Å². The van der Waals surface area contributed by atoms with Crippen molar-refractivity contribution < 1.29 is 23.9 Å². The zero-order valence-electron chi connectivity index (χ0n) is 14.4. The quantitative estimate of drug-likeness (QED) is 0.852. The smallest absolute Gasteiger partial charge is 0.326 e. The maximum Gasteiger partial charge on any atom is 0.326 e. The highest BCUT2D eigenvalue weighted by Crippen LogP contribution is 2.29. The second-order valence-corrected chi connectivity index (χ2v) is 6.80. The van der Waals surface area contributed by atoms with Gasteiger partial charge in [0.05, 0.1) is 5.56 Å². The summed E-state index contributed by atoms with van der Waals surface area (Å²) in [6.07, 6.45) is 0.855. The Hall–Kier alpha value is -3.22. The fourth-order valence-corrected chi connectivity index (χ4v) is 3.68. The first-order chi connectivity index (χ1) is 12.9. The molecule has 2 heterocycles. The molecule has 0 aromatic heterocycles. The summed E-state index contributed by atoms with van der Waals surface area (Å²) in [6.45, 7) is 0.110. The number of hydrogen-bond acceptors (Lipinski definition) is 3. The van der Waals surface area contributed by atoms with Crippen LogP contribution in [0.25, 0.3) is 0 Å². The van der Waals surface area contributed by atoms with Gasteiger partial charge in [-0.25, -0.2) is 9.18 Å². The minimum Gasteiger partial charge on any atom is -0.480 e. The Bertz CT molecular complexity index is 972. The molecule has 1 atom stereocenters. The van der Waals surface area contributed by atoms with Crippen LogP contribution in [0.15, 0.2) is 36.4 Å². The number of fused-ring (bicyclic) bond motifs is 2. The third-order valence-corrected chi connectivity index (χ3v) is 5.11. The summed E-state index contributed by atoms with van der Waals surface area (Å²) in [5.74, 6) is -2.75. The van der Waals surface area contributed by atoms with Crippen LogP contribution in [-0.2, 0) is 29.0 Å². The molecule has 0 saturated heterocycles. The van der Waals surface area contributed by atoms with Crippen LogP contribution in [0.2, 0.25) is 0 Å². The largest absolute Gasteiger partial charge is 0.480 e. The van der Waals surface area contributed by atoms with Crippen molar-refractivity contribution in [1.82, 2.24) is 4.90 Å². The Morgan fingerprint density at radius 3 is 2.59 bits per heavy atom. The van der Waals surface area contributed by atoms with Gasteiger partial charge in [0.25, 0.3) is 5.91 Å². The van der Waals surface area contributed by atoms with E-state index in [-0.39, 0.29) is 30.9 Å². The number of hydrogen-bond donors (Lipinski definition) is 2. The normalized spacial score (nSPS) is 18.3. The van der Waals surface area contributed by atoms with Crippen LogP contribution in [0.3, 0.4) is 0 Å². The molecule has 0 radical (unpaired) electrons. The lowest BCUT2D eigenvalue weighted by Crippen LogP contribution is -2.48. The number of rotatable bonds is 2. The SMILES string of the molecule is O=C1CCc2cc(C(=O)N3Cc4ccccc4CC3C(=O)O)c(F)cc2N1. The molecule has 0 fully saturated rings. The zero-order valence-corrected chi connectivity index (χ0v) is 14.4. The number of carboxylic acids is 1. The Morgan fingerprint density at radius 2 is 1.85 bits per heavy atom. The lowest BCUT2D eigenvalue weighted by atomic mass is 9.92. The van der Waals surface area contributed by atoms with E-state index in [0.29, 0.717) is 17.7 Å². The van der Waals surface area contributed by atoms with Crippen LogP contribution in [0.1, 0.15) is 33.5 Å². The van der Waals surface area contributed by atoms with Crippen molar-refractivity contribution in [3.05, 3.63) is 64.5 Å². The number of aryl methyl sites for hydroxylation is 1. The fraction of sp³-hybridized carbons (Fsp3) is 0.250. The van der Waals surface area contributed by atoms with Gasteiger partial charge >= 0.3 is 5.97 Å². The second-order valence-electron chi connectivity index (χ2n) is 6.80. The van der Waals surface area contributed by atoms with E-state index >= 15 is 0 Å². The van der Waals surface area contributed by atoms with E-state index in [4.69, 9.17) is 0 Å². The molecule has 0 spiro atoms. The molecule has 138 valence electrons. The van der Waals surface area contributed by atoms with Gasteiger partial charge in [-0.1, -0.05) is 24.3 Å². The van der Waals surface area contributed by atoms with Gasteiger partial charge in [0.1, 0.15) is 11.9 Å². The van der Waals surface area contributed by atoms with Crippen LogP contribution in [0.4, 0.5) is 10.1 Å². The molecule has 0 saturated carbocycles. The predicted octanol–water partition coefficient (Wildman–Crippen LogP) is 2.36. The van der Waals surface area contributed by atoms with Crippen molar-refractivity contribution in [2.75, 3.05) is 5.32 Å². The zero-order chi connectivity index (χ0) is 19.1. The summed E-state index contributed by atoms with van der Waals surface area (Å²) in [4.78, 5) is 37.4. The summed E-state index contributed by atoms with van der Waals surface area (Å²) >= 11 is 0. The molecule has 1 unspecified atom stereocenters. The predicted molar refractivity (Wildman–Crippen MR) is 94.8 cm³/mol. The Morgan fingerprint density at radius 1 is 1.11 bits per heavy atom.